The van der Waals surface area contributed by atoms with Crippen LogP contribution in [-0.4, -0.2) is 24.5 Å². The first-order chi connectivity index (χ1) is 7.40. The van der Waals surface area contributed by atoms with Crippen LogP contribution in [0.3, 0.4) is 0 Å². The SMILES string of the molecule is CCCCN1CCC(c2ccccc2)C1. The molecule has 1 heterocycles. The van der Waals surface area contributed by atoms with Crippen LogP contribution in [0.25, 0.3) is 0 Å². The molecule has 1 unspecified atom stereocenters. The van der Waals surface area contributed by atoms with E-state index >= 15 is 0 Å². The Morgan fingerprint density at radius 1 is 1.27 bits per heavy atom. The second-order valence-corrected chi connectivity index (χ2v) is 4.55. The number of nitrogens with zero attached hydrogens (tertiary/aromatic N) is 1. The van der Waals surface area contributed by atoms with Gasteiger partial charge >= 0.3 is 0 Å². The molecule has 82 valence electrons. The molecular formula is C14H21N. The summed E-state index contributed by atoms with van der Waals surface area (Å²) in [7, 11) is 0. The number of unbranched alkanes of at least 4 members (excludes halogenated alkanes) is 1. The van der Waals surface area contributed by atoms with Crippen molar-refractivity contribution in [1.29, 1.82) is 0 Å². The quantitative estimate of drug-likeness (QED) is 0.726. The third kappa shape index (κ3) is 2.82. The van der Waals surface area contributed by atoms with E-state index in [4.69, 9.17) is 0 Å². The minimum absolute atomic E-state index is 0.781. The first-order valence-electron chi connectivity index (χ1n) is 6.17. The fourth-order valence-electron chi connectivity index (χ4n) is 2.41. The zero-order valence-electron chi connectivity index (χ0n) is 9.65. The third-order valence-electron chi connectivity index (χ3n) is 3.37. The first kappa shape index (κ1) is 10.7. The van der Waals surface area contributed by atoms with Gasteiger partial charge in [-0.25, -0.2) is 0 Å². The molecule has 0 spiro atoms. The van der Waals surface area contributed by atoms with Crippen molar-refractivity contribution in [3.63, 3.8) is 0 Å². The molecule has 1 aromatic carbocycles. The van der Waals surface area contributed by atoms with Gasteiger partial charge in [-0.2, -0.15) is 0 Å². The minimum atomic E-state index is 0.781. The van der Waals surface area contributed by atoms with E-state index in [1.54, 1.807) is 0 Å². The number of benzene rings is 1. The highest BCUT2D eigenvalue weighted by Crippen LogP contribution is 2.26. The molecule has 0 aromatic heterocycles. The molecule has 15 heavy (non-hydrogen) atoms. The Balaban J connectivity index is 1.87. The summed E-state index contributed by atoms with van der Waals surface area (Å²) < 4.78 is 0. The second-order valence-electron chi connectivity index (χ2n) is 4.55. The number of rotatable bonds is 4. The average Bonchev–Trinajstić information content (AvgIpc) is 2.76. The van der Waals surface area contributed by atoms with Gasteiger partial charge in [0.1, 0.15) is 0 Å². The fourth-order valence-corrected chi connectivity index (χ4v) is 2.41. The molecule has 1 heteroatoms. The van der Waals surface area contributed by atoms with Crippen molar-refractivity contribution >= 4 is 0 Å². The van der Waals surface area contributed by atoms with E-state index in [0.717, 1.165) is 5.92 Å². The predicted molar refractivity (Wildman–Crippen MR) is 65.1 cm³/mol. The summed E-state index contributed by atoms with van der Waals surface area (Å²) in [6.45, 7) is 6.12. The summed E-state index contributed by atoms with van der Waals surface area (Å²) in [4.78, 5) is 2.61. The van der Waals surface area contributed by atoms with Gasteiger partial charge in [-0.05, 0) is 37.4 Å². The van der Waals surface area contributed by atoms with E-state index in [-0.39, 0.29) is 0 Å². The maximum atomic E-state index is 2.61. The van der Waals surface area contributed by atoms with Crippen LogP contribution in [0.4, 0.5) is 0 Å². The van der Waals surface area contributed by atoms with Gasteiger partial charge in [-0.3, -0.25) is 0 Å². The summed E-state index contributed by atoms with van der Waals surface area (Å²) in [5.41, 5.74) is 1.52. The normalized spacial score (nSPS) is 22.1. The molecule has 0 bridgehead atoms. The van der Waals surface area contributed by atoms with Crippen molar-refractivity contribution in [3.8, 4) is 0 Å². The topological polar surface area (TPSA) is 3.24 Å². The van der Waals surface area contributed by atoms with Gasteiger partial charge in [0.2, 0.25) is 0 Å². The van der Waals surface area contributed by atoms with Gasteiger partial charge in [-0.15, -0.1) is 0 Å². The fraction of sp³-hybridized carbons (Fsp3) is 0.571. The Morgan fingerprint density at radius 2 is 2.07 bits per heavy atom. The van der Waals surface area contributed by atoms with Gasteiger partial charge < -0.3 is 4.90 Å². The van der Waals surface area contributed by atoms with Crippen LogP contribution in [-0.2, 0) is 0 Å². The Morgan fingerprint density at radius 3 is 2.80 bits per heavy atom. The second kappa shape index (κ2) is 5.32. The Kier molecular flexibility index (Phi) is 3.79. The minimum Gasteiger partial charge on any atom is -0.303 e. The molecule has 2 rings (SSSR count). The maximum Gasteiger partial charge on any atom is 0.00507 e. The van der Waals surface area contributed by atoms with E-state index in [9.17, 15) is 0 Å². The standard InChI is InChI=1S/C14H21N/c1-2-3-10-15-11-9-14(12-15)13-7-5-4-6-8-13/h4-8,14H,2-3,9-12H2,1H3. The largest absolute Gasteiger partial charge is 0.303 e. The van der Waals surface area contributed by atoms with E-state index in [1.165, 1.54) is 44.5 Å². The molecule has 0 saturated carbocycles. The van der Waals surface area contributed by atoms with Crippen LogP contribution in [0.5, 0.6) is 0 Å². The summed E-state index contributed by atoms with van der Waals surface area (Å²) in [6, 6.07) is 11.0. The summed E-state index contributed by atoms with van der Waals surface area (Å²) in [6.07, 6.45) is 4.00. The van der Waals surface area contributed by atoms with Crippen molar-refractivity contribution in [3.05, 3.63) is 35.9 Å². The van der Waals surface area contributed by atoms with Gasteiger partial charge in [0.25, 0.3) is 0 Å². The van der Waals surface area contributed by atoms with Gasteiger partial charge in [0, 0.05) is 6.54 Å². The summed E-state index contributed by atoms with van der Waals surface area (Å²) >= 11 is 0. The van der Waals surface area contributed by atoms with E-state index < -0.39 is 0 Å². The monoisotopic (exact) mass is 203 g/mol. The summed E-state index contributed by atoms with van der Waals surface area (Å²) in [5.74, 6) is 0.781. The lowest BCUT2D eigenvalue weighted by atomic mass is 9.99. The first-order valence-corrected chi connectivity index (χ1v) is 6.17. The van der Waals surface area contributed by atoms with E-state index in [1.807, 2.05) is 0 Å². The van der Waals surface area contributed by atoms with Crippen molar-refractivity contribution in [1.82, 2.24) is 4.90 Å². The van der Waals surface area contributed by atoms with Crippen molar-refractivity contribution < 1.29 is 0 Å². The highest BCUT2D eigenvalue weighted by molar-refractivity contribution is 5.20. The average molecular weight is 203 g/mol. The molecule has 1 atom stereocenters. The van der Waals surface area contributed by atoms with Crippen LogP contribution in [0.15, 0.2) is 30.3 Å². The lowest BCUT2D eigenvalue weighted by Gasteiger charge is -2.15. The molecule has 1 aliphatic heterocycles. The third-order valence-corrected chi connectivity index (χ3v) is 3.37. The predicted octanol–water partition coefficient (Wildman–Crippen LogP) is 3.28. The molecule has 1 aromatic rings. The maximum absolute atomic E-state index is 2.61. The molecular weight excluding hydrogens is 182 g/mol. The summed E-state index contributed by atoms with van der Waals surface area (Å²) in [5, 5.41) is 0. The molecule has 0 amide bonds. The van der Waals surface area contributed by atoms with Gasteiger partial charge in [-0.1, -0.05) is 43.7 Å². The number of likely N-dealkylation sites (tertiary alicyclic amines) is 1. The van der Waals surface area contributed by atoms with Crippen molar-refractivity contribution in [2.24, 2.45) is 0 Å². The smallest absolute Gasteiger partial charge is 0.00507 e. The van der Waals surface area contributed by atoms with Crippen LogP contribution in [0.2, 0.25) is 0 Å². The lowest BCUT2D eigenvalue weighted by Crippen LogP contribution is -2.21. The highest BCUT2D eigenvalue weighted by atomic mass is 15.1. The van der Waals surface area contributed by atoms with Crippen LogP contribution in [0.1, 0.15) is 37.7 Å². The van der Waals surface area contributed by atoms with Crippen LogP contribution < -0.4 is 0 Å². The molecule has 1 nitrogen and oxygen atoms in total. The highest BCUT2D eigenvalue weighted by Gasteiger charge is 2.22. The van der Waals surface area contributed by atoms with Crippen LogP contribution >= 0.6 is 0 Å². The van der Waals surface area contributed by atoms with Crippen molar-refractivity contribution in [2.45, 2.75) is 32.1 Å². The molecule has 1 aliphatic rings. The Bertz CT molecular complexity index is 281. The van der Waals surface area contributed by atoms with Crippen LogP contribution in [0, 0.1) is 0 Å². The molecule has 0 aliphatic carbocycles. The Hall–Kier alpha value is -0.820. The molecule has 1 fully saturated rings. The number of hydrogen-bond acceptors (Lipinski definition) is 1. The van der Waals surface area contributed by atoms with Gasteiger partial charge in [0.15, 0.2) is 0 Å². The lowest BCUT2D eigenvalue weighted by molar-refractivity contribution is 0.328. The van der Waals surface area contributed by atoms with E-state index in [0.29, 0.717) is 0 Å². The Labute approximate surface area is 93.1 Å². The van der Waals surface area contributed by atoms with Gasteiger partial charge in [0.05, 0.1) is 0 Å². The zero-order chi connectivity index (χ0) is 10.5. The molecule has 1 saturated heterocycles. The zero-order valence-corrected chi connectivity index (χ0v) is 9.65. The number of hydrogen-bond donors (Lipinski definition) is 0. The molecule has 0 radical (unpaired) electrons. The molecule has 0 N–H and O–H groups in total. The van der Waals surface area contributed by atoms with E-state index in [2.05, 4.69) is 42.2 Å². The van der Waals surface area contributed by atoms with Crippen molar-refractivity contribution in [2.75, 3.05) is 19.6 Å².